The highest BCUT2D eigenvalue weighted by molar-refractivity contribution is 9.10. The summed E-state index contributed by atoms with van der Waals surface area (Å²) in [6.45, 7) is 8.99. The standard InChI is InChI=1S/C28H30BrN3O6/c1-27(2)34-14-20(36-27)22-23(24-26(35-22)38-28(3,4)37-24)33-12-11-32-19-10-9-15(29)13-16(19)21-25(32)31-18-8-6-5-7-17(18)30-21/h5-10,13,20,22-24,26H,11-12,14H2,1-4H3. The minimum atomic E-state index is -0.745. The van der Waals surface area contributed by atoms with Crippen molar-refractivity contribution in [2.75, 3.05) is 13.2 Å². The minimum Gasteiger partial charge on any atom is -0.371 e. The lowest BCUT2D eigenvalue weighted by Gasteiger charge is -2.29. The average Bonchev–Trinajstić information content (AvgIpc) is 3.56. The SMILES string of the molecule is CC1(C)OCC(C2OC3OC(C)(C)OC3C2OCCn2c3ccc(Br)cc3c3nc4ccccc4nc32)O1. The van der Waals surface area contributed by atoms with Gasteiger partial charge in [-0.1, -0.05) is 28.1 Å². The van der Waals surface area contributed by atoms with Gasteiger partial charge < -0.3 is 33.0 Å². The lowest BCUT2D eigenvalue weighted by Crippen LogP contribution is -2.44. The first-order valence-corrected chi connectivity index (χ1v) is 13.8. The fourth-order valence-corrected chi connectivity index (χ4v) is 6.14. The molecule has 0 saturated carbocycles. The molecular formula is C28H30BrN3O6. The zero-order chi connectivity index (χ0) is 26.2. The summed E-state index contributed by atoms with van der Waals surface area (Å²) in [5.41, 5.74) is 4.48. The molecule has 5 heterocycles. The Balaban J connectivity index is 1.19. The van der Waals surface area contributed by atoms with Crippen molar-refractivity contribution >= 4 is 49.0 Å². The van der Waals surface area contributed by atoms with Gasteiger partial charge in [-0.15, -0.1) is 0 Å². The molecule has 0 aliphatic carbocycles. The van der Waals surface area contributed by atoms with Gasteiger partial charge in [-0.2, -0.15) is 0 Å². The van der Waals surface area contributed by atoms with Gasteiger partial charge in [0.2, 0.25) is 0 Å². The van der Waals surface area contributed by atoms with Crippen LogP contribution in [-0.4, -0.2) is 70.0 Å². The smallest absolute Gasteiger partial charge is 0.190 e. The molecule has 0 amide bonds. The number of halogens is 1. The number of nitrogens with zero attached hydrogens (tertiary/aromatic N) is 3. The van der Waals surface area contributed by atoms with Gasteiger partial charge in [-0.05, 0) is 58.0 Å². The van der Waals surface area contributed by atoms with Crippen LogP contribution in [0.25, 0.3) is 33.1 Å². The molecular weight excluding hydrogens is 554 g/mol. The molecule has 4 aromatic rings. The Morgan fingerprint density at radius 1 is 0.974 bits per heavy atom. The summed E-state index contributed by atoms with van der Waals surface area (Å²) in [6, 6.07) is 14.2. The van der Waals surface area contributed by atoms with Crippen LogP contribution < -0.4 is 0 Å². The minimum absolute atomic E-state index is 0.279. The molecule has 5 unspecified atom stereocenters. The topological polar surface area (TPSA) is 86.1 Å². The summed E-state index contributed by atoms with van der Waals surface area (Å²) >= 11 is 3.61. The van der Waals surface area contributed by atoms with E-state index in [-0.39, 0.29) is 24.4 Å². The van der Waals surface area contributed by atoms with Crippen molar-refractivity contribution in [1.82, 2.24) is 14.5 Å². The van der Waals surface area contributed by atoms with Crippen molar-refractivity contribution in [1.29, 1.82) is 0 Å². The van der Waals surface area contributed by atoms with Crippen molar-refractivity contribution in [3.05, 3.63) is 46.9 Å². The summed E-state index contributed by atoms with van der Waals surface area (Å²) in [5, 5.41) is 1.04. The molecule has 0 N–H and O–H groups in total. The van der Waals surface area contributed by atoms with E-state index in [0.29, 0.717) is 19.8 Å². The third kappa shape index (κ3) is 4.23. The van der Waals surface area contributed by atoms with Crippen LogP contribution in [0.4, 0.5) is 0 Å². The molecule has 9 nitrogen and oxygen atoms in total. The van der Waals surface area contributed by atoms with Gasteiger partial charge in [-0.3, -0.25) is 0 Å². The van der Waals surface area contributed by atoms with Crippen LogP contribution in [0.1, 0.15) is 27.7 Å². The molecule has 7 rings (SSSR count). The largest absolute Gasteiger partial charge is 0.371 e. The molecule has 3 aliphatic rings. The first-order chi connectivity index (χ1) is 18.2. The Kier molecular flexibility index (Phi) is 5.83. The molecule has 0 bridgehead atoms. The van der Waals surface area contributed by atoms with Crippen molar-refractivity contribution in [3.8, 4) is 0 Å². The maximum absolute atomic E-state index is 6.54. The Labute approximate surface area is 228 Å². The lowest BCUT2D eigenvalue weighted by molar-refractivity contribution is -0.236. The summed E-state index contributed by atoms with van der Waals surface area (Å²) in [5.74, 6) is -1.42. The van der Waals surface area contributed by atoms with Crippen LogP contribution in [0.5, 0.6) is 0 Å². The van der Waals surface area contributed by atoms with Gasteiger partial charge in [0.15, 0.2) is 23.5 Å². The van der Waals surface area contributed by atoms with Crippen molar-refractivity contribution in [2.45, 2.75) is 76.5 Å². The summed E-state index contributed by atoms with van der Waals surface area (Å²) < 4.78 is 40.2. The maximum atomic E-state index is 6.54. The van der Waals surface area contributed by atoms with Crippen LogP contribution >= 0.6 is 15.9 Å². The second-order valence-corrected chi connectivity index (χ2v) is 11.9. The summed E-state index contributed by atoms with van der Waals surface area (Å²) in [7, 11) is 0. The van der Waals surface area contributed by atoms with E-state index < -0.39 is 17.9 Å². The highest BCUT2D eigenvalue weighted by atomic mass is 79.9. The average molecular weight is 584 g/mol. The second kappa shape index (κ2) is 8.92. The van der Waals surface area contributed by atoms with E-state index in [9.17, 15) is 0 Å². The quantitative estimate of drug-likeness (QED) is 0.327. The first kappa shape index (κ1) is 24.8. The predicted octanol–water partition coefficient (Wildman–Crippen LogP) is 4.91. The molecule has 0 spiro atoms. The molecule has 3 saturated heterocycles. The monoisotopic (exact) mass is 583 g/mol. The number of fused-ring (bicyclic) bond motifs is 5. The fourth-order valence-electron chi connectivity index (χ4n) is 5.78. The fraction of sp³-hybridized carbons (Fsp3) is 0.500. The number of rotatable bonds is 5. The zero-order valence-corrected chi connectivity index (χ0v) is 23.3. The predicted molar refractivity (Wildman–Crippen MR) is 144 cm³/mol. The number of hydrogen-bond donors (Lipinski definition) is 0. The van der Waals surface area contributed by atoms with Gasteiger partial charge in [0.05, 0.1) is 29.8 Å². The number of benzene rings is 2. The van der Waals surface area contributed by atoms with Gasteiger partial charge in [0.1, 0.15) is 29.9 Å². The normalized spacial score (nSPS) is 30.1. The summed E-state index contributed by atoms with van der Waals surface area (Å²) in [4.78, 5) is 9.94. The van der Waals surface area contributed by atoms with Crippen LogP contribution in [0, 0.1) is 0 Å². The number of ether oxygens (including phenoxy) is 6. The Morgan fingerprint density at radius 3 is 2.53 bits per heavy atom. The number of para-hydroxylation sites is 2. The number of hydrogen-bond acceptors (Lipinski definition) is 8. The molecule has 3 aliphatic heterocycles. The van der Waals surface area contributed by atoms with Crippen molar-refractivity contribution in [2.24, 2.45) is 0 Å². The molecule has 2 aromatic carbocycles. The van der Waals surface area contributed by atoms with Gasteiger partial charge in [0.25, 0.3) is 0 Å². The van der Waals surface area contributed by atoms with Crippen molar-refractivity contribution in [3.63, 3.8) is 0 Å². The lowest BCUT2D eigenvalue weighted by atomic mass is 10.1. The highest BCUT2D eigenvalue weighted by Gasteiger charge is 2.58. The van der Waals surface area contributed by atoms with E-state index >= 15 is 0 Å². The van der Waals surface area contributed by atoms with Crippen molar-refractivity contribution < 1.29 is 28.4 Å². The van der Waals surface area contributed by atoms with E-state index in [2.05, 4.69) is 32.6 Å². The Bertz CT molecular complexity index is 1540. The Hall–Kier alpha value is -2.18. The molecule has 10 heteroatoms. The summed E-state index contributed by atoms with van der Waals surface area (Å²) in [6.07, 6.45) is -1.91. The van der Waals surface area contributed by atoms with Gasteiger partial charge in [0, 0.05) is 16.4 Å². The third-order valence-electron chi connectivity index (χ3n) is 7.36. The second-order valence-electron chi connectivity index (χ2n) is 11.0. The third-order valence-corrected chi connectivity index (χ3v) is 7.85. The molecule has 38 heavy (non-hydrogen) atoms. The van der Waals surface area contributed by atoms with Crippen LogP contribution in [-0.2, 0) is 35.0 Å². The molecule has 200 valence electrons. The van der Waals surface area contributed by atoms with Crippen LogP contribution in [0.2, 0.25) is 0 Å². The van der Waals surface area contributed by atoms with E-state index in [1.165, 1.54) is 0 Å². The first-order valence-electron chi connectivity index (χ1n) is 13.0. The highest BCUT2D eigenvalue weighted by Crippen LogP contribution is 2.42. The zero-order valence-electron chi connectivity index (χ0n) is 21.7. The van der Waals surface area contributed by atoms with E-state index in [1.54, 1.807) is 0 Å². The Morgan fingerprint density at radius 2 is 1.76 bits per heavy atom. The molecule has 0 radical (unpaired) electrons. The molecule has 3 fully saturated rings. The molecule has 5 atom stereocenters. The van der Waals surface area contributed by atoms with Crippen LogP contribution in [0.3, 0.4) is 0 Å². The van der Waals surface area contributed by atoms with Crippen LogP contribution in [0.15, 0.2) is 46.9 Å². The molecule has 2 aromatic heterocycles. The number of aromatic nitrogens is 3. The van der Waals surface area contributed by atoms with E-state index in [4.69, 9.17) is 38.4 Å². The van der Waals surface area contributed by atoms with E-state index in [1.807, 2.05) is 58.0 Å². The van der Waals surface area contributed by atoms with E-state index in [0.717, 1.165) is 37.6 Å². The van der Waals surface area contributed by atoms with Gasteiger partial charge >= 0.3 is 0 Å². The van der Waals surface area contributed by atoms with Gasteiger partial charge in [-0.25, -0.2) is 9.97 Å². The maximum Gasteiger partial charge on any atom is 0.190 e.